The first kappa shape index (κ1) is 14.9. The van der Waals surface area contributed by atoms with Crippen molar-refractivity contribution in [2.75, 3.05) is 7.11 Å². The number of hydrogen-bond acceptors (Lipinski definition) is 3. The Morgan fingerprint density at radius 3 is 2.80 bits per heavy atom. The number of aliphatic carboxylic acids is 1. The van der Waals surface area contributed by atoms with Gasteiger partial charge in [-0.25, -0.2) is 0 Å². The molecule has 0 heterocycles. The number of nitrogens with one attached hydrogen (secondary N) is 1. The van der Waals surface area contributed by atoms with Crippen LogP contribution in [-0.2, 0) is 11.3 Å². The quantitative estimate of drug-likeness (QED) is 0.839. The smallest absolute Gasteiger partial charge is 0.320 e. The van der Waals surface area contributed by atoms with Crippen LogP contribution in [0.2, 0.25) is 0 Å². The van der Waals surface area contributed by atoms with Gasteiger partial charge in [0.15, 0.2) is 0 Å². The molecule has 0 aliphatic heterocycles. The minimum atomic E-state index is -0.736. The van der Waals surface area contributed by atoms with Crippen LogP contribution in [0.1, 0.15) is 37.7 Å². The van der Waals surface area contributed by atoms with E-state index in [-0.39, 0.29) is 5.92 Å². The van der Waals surface area contributed by atoms with Gasteiger partial charge in [0.2, 0.25) is 0 Å². The molecule has 4 nitrogen and oxygen atoms in total. The van der Waals surface area contributed by atoms with E-state index >= 15 is 0 Å². The third kappa shape index (κ3) is 3.97. The Kier molecular flexibility index (Phi) is 5.41. The van der Waals surface area contributed by atoms with E-state index in [0.29, 0.717) is 6.54 Å². The second-order valence-corrected chi connectivity index (χ2v) is 5.45. The van der Waals surface area contributed by atoms with Crippen molar-refractivity contribution in [3.05, 3.63) is 29.8 Å². The fraction of sp³-hybridized carbons (Fsp3) is 0.562. The number of carboxylic acid groups (broad SMARTS) is 1. The van der Waals surface area contributed by atoms with Crippen LogP contribution < -0.4 is 10.1 Å². The normalized spacial score (nSPS) is 17.6. The highest BCUT2D eigenvalue weighted by molar-refractivity contribution is 5.73. The summed E-state index contributed by atoms with van der Waals surface area (Å²) >= 11 is 0. The molecule has 1 fully saturated rings. The van der Waals surface area contributed by atoms with Crippen LogP contribution in [0, 0.1) is 5.92 Å². The van der Waals surface area contributed by atoms with Gasteiger partial charge in [-0.1, -0.05) is 31.4 Å². The summed E-state index contributed by atoms with van der Waals surface area (Å²) in [5, 5.41) is 12.6. The summed E-state index contributed by atoms with van der Waals surface area (Å²) in [4.78, 5) is 11.5. The number of hydrogen-bond donors (Lipinski definition) is 2. The predicted molar refractivity (Wildman–Crippen MR) is 77.8 cm³/mol. The molecule has 1 saturated carbocycles. The van der Waals surface area contributed by atoms with Crippen molar-refractivity contribution in [2.45, 2.75) is 44.7 Å². The Morgan fingerprint density at radius 1 is 1.40 bits per heavy atom. The van der Waals surface area contributed by atoms with Crippen LogP contribution in [0.4, 0.5) is 0 Å². The average molecular weight is 277 g/mol. The van der Waals surface area contributed by atoms with E-state index in [1.54, 1.807) is 7.11 Å². The lowest BCUT2D eigenvalue weighted by Gasteiger charge is -2.28. The summed E-state index contributed by atoms with van der Waals surface area (Å²) in [5.74, 6) is 0.320. The molecular formula is C16H23NO3. The molecule has 0 amide bonds. The lowest BCUT2D eigenvalue weighted by Crippen LogP contribution is -2.43. The molecule has 2 rings (SSSR count). The number of rotatable bonds is 6. The summed E-state index contributed by atoms with van der Waals surface area (Å²) in [6.45, 7) is 0.560. The SMILES string of the molecule is COc1cccc(CN[C@H](C(=O)O)C2CCCCC2)c1. The van der Waals surface area contributed by atoms with Gasteiger partial charge in [-0.2, -0.15) is 0 Å². The highest BCUT2D eigenvalue weighted by atomic mass is 16.5. The van der Waals surface area contributed by atoms with Gasteiger partial charge >= 0.3 is 5.97 Å². The largest absolute Gasteiger partial charge is 0.497 e. The van der Waals surface area contributed by atoms with Crippen molar-refractivity contribution in [2.24, 2.45) is 5.92 Å². The number of benzene rings is 1. The summed E-state index contributed by atoms with van der Waals surface area (Å²) in [7, 11) is 1.63. The standard InChI is InChI=1S/C16H23NO3/c1-20-14-9-5-6-12(10-14)11-17-15(16(18)19)13-7-3-2-4-8-13/h5-6,9-10,13,15,17H,2-4,7-8,11H2,1H3,(H,18,19)/t15-/m0/s1. The van der Waals surface area contributed by atoms with Crippen molar-refractivity contribution >= 4 is 5.97 Å². The van der Waals surface area contributed by atoms with Gasteiger partial charge in [-0.15, -0.1) is 0 Å². The van der Waals surface area contributed by atoms with Gasteiger partial charge in [0, 0.05) is 6.54 Å². The molecule has 1 aliphatic rings. The van der Waals surface area contributed by atoms with E-state index < -0.39 is 12.0 Å². The minimum absolute atomic E-state index is 0.256. The molecule has 110 valence electrons. The topological polar surface area (TPSA) is 58.6 Å². The Bertz CT molecular complexity index is 441. The van der Waals surface area contributed by atoms with Crippen LogP contribution in [-0.4, -0.2) is 24.2 Å². The number of carbonyl (C=O) groups is 1. The molecule has 4 heteroatoms. The zero-order chi connectivity index (χ0) is 14.4. The third-order valence-electron chi connectivity index (χ3n) is 4.05. The van der Waals surface area contributed by atoms with Crippen molar-refractivity contribution in [1.29, 1.82) is 0 Å². The molecule has 0 radical (unpaired) electrons. The van der Waals surface area contributed by atoms with Crippen LogP contribution in [0.5, 0.6) is 5.75 Å². The Hall–Kier alpha value is -1.55. The summed E-state index contributed by atoms with van der Waals surface area (Å²) in [5.41, 5.74) is 1.05. The molecule has 20 heavy (non-hydrogen) atoms. The summed E-state index contributed by atoms with van der Waals surface area (Å²) in [6, 6.07) is 7.29. The maximum absolute atomic E-state index is 11.5. The molecule has 0 bridgehead atoms. The second-order valence-electron chi connectivity index (χ2n) is 5.45. The van der Waals surface area contributed by atoms with Gasteiger partial charge in [0.05, 0.1) is 7.11 Å². The molecule has 0 aromatic heterocycles. The fourth-order valence-electron chi connectivity index (χ4n) is 2.93. The van der Waals surface area contributed by atoms with Gasteiger partial charge in [-0.05, 0) is 36.5 Å². The minimum Gasteiger partial charge on any atom is -0.497 e. The highest BCUT2D eigenvalue weighted by Gasteiger charge is 2.28. The van der Waals surface area contributed by atoms with Gasteiger partial charge in [0.1, 0.15) is 11.8 Å². The maximum Gasteiger partial charge on any atom is 0.320 e. The van der Waals surface area contributed by atoms with E-state index in [4.69, 9.17) is 4.74 Å². The fourth-order valence-corrected chi connectivity index (χ4v) is 2.93. The van der Waals surface area contributed by atoms with Crippen LogP contribution >= 0.6 is 0 Å². The molecule has 0 unspecified atom stereocenters. The molecule has 1 aliphatic carbocycles. The predicted octanol–water partition coefficient (Wildman–Crippen LogP) is 2.82. The molecule has 1 aromatic rings. The van der Waals surface area contributed by atoms with E-state index in [0.717, 1.165) is 37.0 Å². The first-order valence-electron chi connectivity index (χ1n) is 7.30. The third-order valence-corrected chi connectivity index (χ3v) is 4.05. The monoisotopic (exact) mass is 277 g/mol. The van der Waals surface area contributed by atoms with Crippen LogP contribution in [0.25, 0.3) is 0 Å². The van der Waals surface area contributed by atoms with E-state index in [1.807, 2.05) is 24.3 Å². The van der Waals surface area contributed by atoms with E-state index in [1.165, 1.54) is 6.42 Å². The van der Waals surface area contributed by atoms with Crippen molar-refractivity contribution in [3.8, 4) is 5.75 Å². The average Bonchev–Trinajstić information content (AvgIpc) is 2.48. The Labute approximate surface area is 120 Å². The Balaban J connectivity index is 1.95. The lowest BCUT2D eigenvalue weighted by atomic mass is 9.84. The molecule has 0 saturated heterocycles. The number of carboxylic acids is 1. The molecule has 1 aromatic carbocycles. The second kappa shape index (κ2) is 7.29. The van der Waals surface area contributed by atoms with Crippen LogP contribution in [0.15, 0.2) is 24.3 Å². The van der Waals surface area contributed by atoms with Crippen molar-refractivity contribution in [1.82, 2.24) is 5.32 Å². The van der Waals surface area contributed by atoms with Gasteiger partial charge < -0.3 is 15.2 Å². The molecule has 1 atom stereocenters. The molecule has 2 N–H and O–H groups in total. The van der Waals surface area contributed by atoms with Gasteiger partial charge in [0.25, 0.3) is 0 Å². The Morgan fingerprint density at radius 2 is 2.15 bits per heavy atom. The van der Waals surface area contributed by atoms with Crippen molar-refractivity contribution < 1.29 is 14.6 Å². The summed E-state index contributed by atoms with van der Waals surface area (Å²) in [6.07, 6.45) is 5.56. The van der Waals surface area contributed by atoms with Gasteiger partial charge in [-0.3, -0.25) is 4.79 Å². The van der Waals surface area contributed by atoms with Crippen LogP contribution in [0.3, 0.4) is 0 Å². The zero-order valence-corrected chi connectivity index (χ0v) is 12.0. The van der Waals surface area contributed by atoms with Crippen molar-refractivity contribution in [3.63, 3.8) is 0 Å². The highest BCUT2D eigenvalue weighted by Crippen LogP contribution is 2.27. The maximum atomic E-state index is 11.5. The van der Waals surface area contributed by atoms with E-state index in [2.05, 4.69) is 5.32 Å². The first-order valence-corrected chi connectivity index (χ1v) is 7.30. The number of ether oxygens (including phenoxy) is 1. The number of methoxy groups -OCH3 is 1. The molecular weight excluding hydrogens is 254 g/mol. The van der Waals surface area contributed by atoms with E-state index in [9.17, 15) is 9.90 Å². The first-order chi connectivity index (χ1) is 9.70. The zero-order valence-electron chi connectivity index (χ0n) is 12.0. The lowest BCUT2D eigenvalue weighted by molar-refractivity contribution is -0.141. The summed E-state index contributed by atoms with van der Waals surface area (Å²) < 4.78 is 5.18. The molecule has 0 spiro atoms.